The van der Waals surface area contributed by atoms with Crippen molar-refractivity contribution in [3.05, 3.63) is 59.2 Å². The number of rotatable bonds is 8. The van der Waals surface area contributed by atoms with E-state index in [-0.39, 0.29) is 5.54 Å². The van der Waals surface area contributed by atoms with Gasteiger partial charge in [0.25, 0.3) is 0 Å². The van der Waals surface area contributed by atoms with Crippen molar-refractivity contribution in [3.8, 4) is 11.5 Å². The minimum absolute atomic E-state index is 0.0522. The van der Waals surface area contributed by atoms with Crippen LogP contribution in [-0.2, 0) is 23.4 Å². The zero-order valence-electron chi connectivity index (χ0n) is 18.3. The predicted octanol–water partition coefficient (Wildman–Crippen LogP) is 4.10. The lowest BCUT2D eigenvalue weighted by atomic mass is 9.87. The van der Waals surface area contributed by atoms with Gasteiger partial charge in [0.15, 0.2) is 0 Å². The average Bonchev–Trinajstić information content (AvgIpc) is 3.29. The highest BCUT2D eigenvalue weighted by molar-refractivity contribution is 5.38. The van der Waals surface area contributed by atoms with Gasteiger partial charge in [0, 0.05) is 37.3 Å². The molecule has 0 spiro atoms. The third kappa shape index (κ3) is 4.80. The number of methoxy groups -OCH3 is 2. The number of benzene rings is 2. The summed E-state index contributed by atoms with van der Waals surface area (Å²) in [7, 11) is 3.48. The van der Waals surface area contributed by atoms with Gasteiger partial charge in [-0.3, -0.25) is 4.90 Å². The summed E-state index contributed by atoms with van der Waals surface area (Å²) in [5.74, 6) is 1.88. The highest BCUT2D eigenvalue weighted by atomic mass is 16.5. The van der Waals surface area contributed by atoms with Gasteiger partial charge in [0.1, 0.15) is 11.5 Å². The van der Waals surface area contributed by atoms with E-state index in [0.717, 1.165) is 50.9 Å². The van der Waals surface area contributed by atoms with Crippen LogP contribution in [0.1, 0.15) is 42.4 Å². The molecular weight excluding hydrogens is 376 g/mol. The van der Waals surface area contributed by atoms with E-state index < -0.39 is 0 Å². The lowest BCUT2D eigenvalue weighted by Gasteiger charge is -2.32. The molecule has 2 fully saturated rings. The van der Waals surface area contributed by atoms with Crippen molar-refractivity contribution in [3.63, 3.8) is 0 Å². The summed E-state index contributed by atoms with van der Waals surface area (Å²) >= 11 is 0. The molecule has 1 saturated carbocycles. The summed E-state index contributed by atoms with van der Waals surface area (Å²) in [4.78, 5) is 2.44. The van der Waals surface area contributed by atoms with Gasteiger partial charge >= 0.3 is 0 Å². The van der Waals surface area contributed by atoms with Crippen molar-refractivity contribution < 1.29 is 14.2 Å². The molecule has 2 aromatic carbocycles. The first-order chi connectivity index (χ1) is 14.7. The van der Waals surface area contributed by atoms with Crippen LogP contribution in [0.25, 0.3) is 0 Å². The van der Waals surface area contributed by atoms with E-state index in [1.165, 1.54) is 42.4 Å². The van der Waals surface area contributed by atoms with Crippen LogP contribution in [0.5, 0.6) is 11.5 Å². The fourth-order valence-electron chi connectivity index (χ4n) is 4.79. The molecule has 2 aromatic rings. The molecule has 0 radical (unpaired) electrons. The van der Waals surface area contributed by atoms with Gasteiger partial charge in [-0.05, 0) is 48.2 Å². The van der Waals surface area contributed by atoms with Gasteiger partial charge in [0.05, 0.1) is 27.4 Å². The van der Waals surface area contributed by atoms with Crippen LogP contribution in [0.15, 0.2) is 42.5 Å². The molecule has 5 nitrogen and oxygen atoms in total. The molecule has 0 aromatic heterocycles. The van der Waals surface area contributed by atoms with Crippen LogP contribution in [0.2, 0.25) is 0 Å². The van der Waals surface area contributed by atoms with E-state index in [9.17, 15) is 0 Å². The molecule has 1 N–H and O–H groups in total. The van der Waals surface area contributed by atoms with E-state index in [2.05, 4.69) is 52.7 Å². The van der Waals surface area contributed by atoms with E-state index in [0.29, 0.717) is 0 Å². The summed E-state index contributed by atoms with van der Waals surface area (Å²) in [5, 5.41) is 3.92. The maximum atomic E-state index is 5.64. The molecule has 162 valence electrons. The summed E-state index contributed by atoms with van der Waals surface area (Å²) in [5.41, 5.74) is 3.97. The number of morpholine rings is 1. The number of ether oxygens (including phenoxy) is 3. The Hall–Kier alpha value is -2.08. The molecule has 0 amide bonds. The SMILES string of the molecule is COc1ccc(C2(NCc3ccc(OC)c(CN4CCOCC4)c3)CCCC2)cc1. The number of nitrogens with one attached hydrogen (secondary N) is 1. The fraction of sp³-hybridized carbons (Fsp3) is 0.520. The monoisotopic (exact) mass is 410 g/mol. The fourth-order valence-corrected chi connectivity index (χ4v) is 4.79. The van der Waals surface area contributed by atoms with Crippen molar-refractivity contribution in [2.24, 2.45) is 0 Å². The summed E-state index contributed by atoms with van der Waals surface area (Å²) in [6.45, 7) is 5.34. The van der Waals surface area contributed by atoms with E-state index in [1.54, 1.807) is 14.2 Å². The van der Waals surface area contributed by atoms with Crippen molar-refractivity contribution in [1.82, 2.24) is 10.2 Å². The van der Waals surface area contributed by atoms with Crippen LogP contribution in [-0.4, -0.2) is 45.4 Å². The third-order valence-corrected chi connectivity index (χ3v) is 6.57. The lowest BCUT2D eigenvalue weighted by molar-refractivity contribution is 0.0339. The molecule has 30 heavy (non-hydrogen) atoms. The Morgan fingerprint density at radius 3 is 2.37 bits per heavy atom. The summed E-state index contributed by atoms with van der Waals surface area (Å²) in [6, 6.07) is 15.2. The number of hydrogen-bond donors (Lipinski definition) is 1. The van der Waals surface area contributed by atoms with Crippen molar-refractivity contribution >= 4 is 0 Å². The standard InChI is InChI=1S/C25H34N2O3/c1-28-23-8-6-22(7-9-23)25(11-3-4-12-25)26-18-20-5-10-24(29-2)21(17-20)19-27-13-15-30-16-14-27/h5-10,17,26H,3-4,11-16,18-19H2,1-2H3. The van der Waals surface area contributed by atoms with Gasteiger partial charge in [-0.15, -0.1) is 0 Å². The smallest absolute Gasteiger partial charge is 0.123 e. The zero-order valence-corrected chi connectivity index (χ0v) is 18.3. The van der Waals surface area contributed by atoms with Gasteiger partial charge in [0.2, 0.25) is 0 Å². The number of hydrogen-bond acceptors (Lipinski definition) is 5. The zero-order chi connectivity index (χ0) is 20.8. The molecule has 1 heterocycles. The Bertz CT molecular complexity index is 810. The minimum atomic E-state index is 0.0522. The average molecular weight is 411 g/mol. The maximum absolute atomic E-state index is 5.64. The van der Waals surface area contributed by atoms with Crippen LogP contribution in [0, 0.1) is 0 Å². The van der Waals surface area contributed by atoms with Crippen molar-refractivity contribution in [2.45, 2.75) is 44.3 Å². The third-order valence-electron chi connectivity index (χ3n) is 6.57. The van der Waals surface area contributed by atoms with Gasteiger partial charge in [-0.25, -0.2) is 0 Å². The largest absolute Gasteiger partial charge is 0.497 e. The normalized spacial score (nSPS) is 19.0. The highest BCUT2D eigenvalue weighted by Gasteiger charge is 2.35. The second kappa shape index (κ2) is 9.82. The summed E-state index contributed by atoms with van der Waals surface area (Å²) in [6.07, 6.45) is 4.89. The van der Waals surface area contributed by atoms with Crippen LogP contribution < -0.4 is 14.8 Å². The molecule has 0 bridgehead atoms. The first-order valence-electron chi connectivity index (χ1n) is 11.1. The first kappa shape index (κ1) is 21.2. The second-order valence-corrected chi connectivity index (χ2v) is 8.41. The van der Waals surface area contributed by atoms with Crippen molar-refractivity contribution in [2.75, 3.05) is 40.5 Å². The Kier molecular flexibility index (Phi) is 6.93. The molecule has 1 saturated heterocycles. The molecule has 4 rings (SSSR count). The second-order valence-electron chi connectivity index (χ2n) is 8.41. The topological polar surface area (TPSA) is 43.0 Å². The Balaban J connectivity index is 1.48. The van der Waals surface area contributed by atoms with Crippen LogP contribution in [0.4, 0.5) is 0 Å². The molecule has 5 heteroatoms. The van der Waals surface area contributed by atoms with E-state index >= 15 is 0 Å². The summed E-state index contributed by atoms with van der Waals surface area (Å²) < 4.78 is 16.5. The van der Waals surface area contributed by atoms with Crippen molar-refractivity contribution in [1.29, 1.82) is 0 Å². The molecular formula is C25H34N2O3. The van der Waals surface area contributed by atoms with Gasteiger partial charge in [-0.2, -0.15) is 0 Å². The molecule has 1 aliphatic carbocycles. The van der Waals surface area contributed by atoms with E-state index in [4.69, 9.17) is 14.2 Å². The van der Waals surface area contributed by atoms with E-state index in [1.807, 2.05) is 0 Å². The minimum Gasteiger partial charge on any atom is -0.497 e. The van der Waals surface area contributed by atoms with Gasteiger partial charge < -0.3 is 19.5 Å². The molecule has 2 aliphatic rings. The molecule has 0 atom stereocenters. The number of nitrogens with zero attached hydrogens (tertiary/aromatic N) is 1. The van der Waals surface area contributed by atoms with Crippen LogP contribution >= 0.6 is 0 Å². The first-order valence-corrected chi connectivity index (χ1v) is 11.1. The molecule has 0 unspecified atom stereocenters. The molecule has 1 aliphatic heterocycles. The quantitative estimate of drug-likeness (QED) is 0.710. The lowest BCUT2D eigenvalue weighted by Crippen LogP contribution is -2.39. The Morgan fingerprint density at radius 2 is 1.70 bits per heavy atom. The van der Waals surface area contributed by atoms with Gasteiger partial charge in [-0.1, -0.05) is 31.0 Å². The Labute approximate surface area is 180 Å². The maximum Gasteiger partial charge on any atom is 0.123 e. The Morgan fingerprint density at radius 1 is 0.967 bits per heavy atom. The predicted molar refractivity (Wildman–Crippen MR) is 119 cm³/mol. The highest BCUT2D eigenvalue weighted by Crippen LogP contribution is 2.39. The van der Waals surface area contributed by atoms with Crippen LogP contribution in [0.3, 0.4) is 0 Å².